The lowest BCUT2D eigenvalue weighted by molar-refractivity contribution is 0.112. The standard InChI is InChI=1S/C11H5Br2ClFN3O/c12-5-1-7(13)9(8(15)2-5)18-11-6(3-19)10(14)16-4-17-11/h1-4H,(H,16,17,18). The van der Waals surface area contributed by atoms with E-state index in [0.717, 1.165) is 0 Å². The van der Waals surface area contributed by atoms with Crippen LogP contribution in [0, 0.1) is 5.82 Å². The number of aldehydes is 1. The van der Waals surface area contributed by atoms with E-state index in [1.807, 2.05) is 0 Å². The van der Waals surface area contributed by atoms with Crippen LogP contribution in [0.5, 0.6) is 0 Å². The van der Waals surface area contributed by atoms with E-state index in [0.29, 0.717) is 15.2 Å². The molecule has 0 fully saturated rings. The molecule has 0 bridgehead atoms. The summed E-state index contributed by atoms with van der Waals surface area (Å²) in [5.74, 6) is -0.371. The monoisotopic (exact) mass is 407 g/mol. The van der Waals surface area contributed by atoms with E-state index < -0.39 is 5.82 Å². The van der Waals surface area contributed by atoms with Crippen LogP contribution in [0.1, 0.15) is 10.4 Å². The second-order valence-corrected chi connectivity index (χ2v) is 5.54. The first-order valence-corrected chi connectivity index (χ1v) is 6.86. The second-order valence-electron chi connectivity index (χ2n) is 3.41. The van der Waals surface area contributed by atoms with Crippen LogP contribution >= 0.6 is 43.5 Å². The number of aromatic nitrogens is 2. The van der Waals surface area contributed by atoms with Gasteiger partial charge in [-0.05, 0) is 28.1 Å². The summed E-state index contributed by atoms with van der Waals surface area (Å²) in [6.07, 6.45) is 1.69. The van der Waals surface area contributed by atoms with Crippen LogP contribution in [0.3, 0.4) is 0 Å². The van der Waals surface area contributed by atoms with Crippen molar-refractivity contribution in [3.63, 3.8) is 0 Å². The predicted molar refractivity (Wildman–Crippen MR) is 77.5 cm³/mol. The van der Waals surface area contributed by atoms with Crippen LogP contribution in [0.15, 0.2) is 27.4 Å². The van der Waals surface area contributed by atoms with E-state index in [4.69, 9.17) is 11.6 Å². The first-order valence-electron chi connectivity index (χ1n) is 4.90. The summed E-state index contributed by atoms with van der Waals surface area (Å²) in [4.78, 5) is 18.5. The third kappa shape index (κ3) is 3.10. The van der Waals surface area contributed by atoms with Crippen molar-refractivity contribution in [1.29, 1.82) is 0 Å². The van der Waals surface area contributed by atoms with Gasteiger partial charge in [0.2, 0.25) is 0 Å². The van der Waals surface area contributed by atoms with Crippen molar-refractivity contribution >= 4 is 61.3 Å². The maximum absolute atomic E-state index is 13.8. The Morgan fingerprint density at radius 2 is 2.05 bits per heavy atom. The maximum Gasteiger partial charge on any atom is 0.156 e. The van der Waals surface area contributed by atoms with Crippen molar-refractivity contribution in [1.82, 2.24) is 9.97 Å². The molecular weight excluding hydrogens is 404 g/mol. The van der Waals surface area contributed by atoms with E-state index in [1.54, 1.807) is 6.07 Å². The van der Waals surface area contributed by atoms with Gasteiger partial charge in [0.15, 0.2) is 6.29 Å². The van der Waals surface area contributed by atoms with Crippen LogP contribution in [-0.2, 0) is 0 Å². The molecule has 0 spiro atoms. The number of carbonyl (C=O) groups is 1. The van der Waals surface area contributed by atoms with E-state index in [1.165, 1.54) is 12.4 Å². The van der Waals surface area contributed by atoms with Crippen LogP contribution < -0.4 is 5.32 Å². The number of carbonyl (C=O) groups excluding carboxylic acids is 1. The molecule has 19 heavy (non-hydrogen) atoms. The molecule has 0 atom stereocenters. The van der Waals surface area contributed by atoms with Gasteiger partial charge in [0, 0.05) is 8.95 Å². The molecule has 1 aromatic heterocycles. The van der Waals surface area contributed by atoms with Gasteiger partial charge in [0.05, 0.1) is 11.3 Å². The normalized spacial score (nSPS) is 10.3. The first kappa shape index (κ1) is 14.4. The fourth-order valence-electron chi connectivity index (χ4n) is 1.36. The maximum atomic E-state index is 13.8. The van der Waals surface area contributed by atoms with E-state index in [9.17, 15) is 9.18 Å². The number of hydrogen-bond acceptors (Lipinski definition) is 4. The molecule has 0 amide bonds. The molecule has 8 heteroatoms. The highest BCUT2D eigenvalue weighted by atomic mass is 79.9. The van der Waals surface area contributed by atoms with Crippen molar-refractivity contribution in [2.75, 3.05) is 5.32 Å². The van der Waals surface area contributed by atoms with Crippen LogP contribution in [0.25, 0.3) is 0 Å². The quantitative estimate of drug-likeness (QED) is 0.605. The molecule has 0 aliphatic carbocycles. The smallest absolute Gasteiger partial charge is 0.156 e. The van der Waals surface area contributed by atoms with Gasteiger partial charge in [0.1, 0.15) is 23.1 Å². The minimum Gasteiger partial charge on any atom is -0.336 e. The summed E-state index contributed by atoms with van der Waals surface area (Å²) in [5.41, 5.74) is 0.222. The summed E-state index contributed by atoms with van der Waals surface area (Å²) in [5, 5.41) is 2.72. The number of benzene rings is 1. The topological polar surface area (TPSA) is 54.9 Å². The van der Waals surface area contributed by atoms with Gasteiger partial charge in [-0.1, -0.05) is 27.5 Å². The molecule has 1 aromatic carbocycles. The molecule has 2 rings (SSSR count). The zero-order chi connectivity index (χ0) is 14.0. The van der Waals surface area contributed by atoms with E-state index in [2.05, 4.69) is 47.1 Å². The minimum absolute atomic E-state index is 0.00106. The zero-order valence-corrected chi connectivity index (χ0v) is 13.1. The Morgan fingerprint density at radius 3 is 2.68 bits per heavy atom. The molecule has 4 nitrogen and oxygen atoms in total. The molecule has 0 aliphatic rings. The molecule has 0 saturated heterocycles. The second kappa shape index (κ2) is 5.94. The van der Waals surface area contributed by atoms with Crippen molar-refractivity contribution < 1.29 is 9.18 Å². The third-order valence-corrected chi connectivity index (χ3v) is 3.59. The fourth-order valence-corrected chi connectivity index (χ4v) is 2.81. The lowest BCUT2D eigenvalue weighted by Gasteiger charge is -2.11. The molecule has 98 valence electrons. The average Bonchev–Trinajstić information content (AvgIpc) is 2.34. The highest BCUT2D eigenvalue weighted by Gasteiger charge is 2.14. The number of nitrogens with one attached hydrogen (secondary N) is 1. The summed E-state index contributed by atoms with van der Waals surface area (Å²) in [6, 6.07) is 2.95. The highest BCUT2D eigenvalue weighted by Crippen LogP contribution is 2.32. The Kier molecular flexibility index (Phi) is 4.49. The number of rotatable bonds is 3. The molecule has 0 aliphatic heterocycles. The molecular formula is C11H5Br2ClFN3O. The highest BCUT2D eigenvalue weighted by molar-refractivity contribution is 9.11. The Bertz CT molecular complexity index is 631. The van der Waals surface area contributed by atoms with Crippen molar-refractivity contribution in [2.45, 2.75) is 0 Å². The minimum atomic E-state index is -0.507. The van der Waals surface area contributed by atoms with Crippen LogP contribution in [0.4, 0.5) is 15.9 Å². The van der Waals surface area contributed by atoms with E-state index in [-0.39, 0.29) is 22.2 Å². The van der Waals surface area contributed by atoms with E-state index >= 15 is 0 Å². The van der Waals surface area contributed by atoms with Gasteiger partial charge in [-0.15, -0.1) is 0 Å². The molecule has 0 saturated carbocycles. The van der Waals surface area contributed by atoms with Gasteiger partial charge in [-0.3, -0.25) is 4.79 Å². The number of nitrogens with zero attached hydrogens (tertiary/aromatic N) is 2. The Hall–Kier alpha value is -1.05. The summed E-state index contributed by atoms with van der Waals surface area (Å²) in [7, 11) is 0. The van der Waals surface area contributed by atoms with Crippen LogP contribution in [0.2, 0.25) is 5.15 Å². The van der Waals surface area contributed by atoms with Gasteiger partial charge < -0.3 is 5.32 Å². The Labute approximate surface area is 129 Å². The SMILES string of the molecule is O=Cc1c(Cl)ncnc1Nc1c(F)cc(Br)cc1Br. The lowest BCUT2D eigenvalue weighted by atomic mass is 10.2. The summed E-state index contributed by atoms with van der Waals surface area (Å²) >= 11 is 12.2. The predicted octanol–water partition coefficient (Wildman–Crippen LogP) is 4.35. The van der Waals surface area contributed by atoms with Gasteiger partial charge in [-0.25, -0.2) is 14.4 Å². The molecule has 0 unspecified atom stereocenters. The first-order chi connectivity index (χ1) is 9.02. The van der Waals surface area contributed by atoms with Crippen molar-refractivity contribution in [3.8, 4) is 0 Å². The molecule has 2 aromatic rings. The fraction of sp³-hybridized carbons (Fsp3) is 0. The largest absolute Gasteiger partial charge is 0.336 e. The van der Waals surface area contributed by atoms with Gasteiger partial charge >= 0.3 is 0 Å². The van der Waals surface area contributed by atoms with Crippen LogP contribution in [-0.4, -0.2) is 16.3 Å². The number of hydrogen-bond donors (Lipinski definition) is 1. The third-order valence-electron chi connectivity index (χ3n) is 2.20. The zero-order valence-electron chi connectivity index (χ0n) is 9.12. The summed E-state index contributed by atoms with van der Waals surface area (Å²) in [6.45, 7) is 0. The van der Waals surface area contributed by atoms with Crippen molar-refractivity contribution in [3.05, 3.63) is 43.9 Å². The molecule has 1 N–H and O–H groups in total. The molecule has 0 radical (unpaired) electrons. The average molecular weight is 409 g/mol. The lowest BCUT2D eigenvalue weighted by Crippen LogP contribution is -2.02. The van der Waals surface area contributed by atoms with Crippen molar-refractivity contribution in [2.24, 2.45) is 0 Å². The Morgan fingerprint density at radius 1 is 1.32 bits per heavy atom. The summed E-state index contributed by atoms with van der Waals surface area (Å²) < 4.78 is 14.9. The Balaban J connectivity index is 2.48. The molecule has 1 heterocycles. The number of halogens is 4. The van der Waals surface area contributed by atoms with Gasteiger partial charge in [-0.2, -0.15) is 0 Å². The van der Waals surface area contributed by atoms with Gasteiger partial charge in [0.25, 0.3) is 0 Å². The number of anilines is 2.